The number of carboxylic acid groups (broad SMARTS) is 1. The highest BCUT2D eigenvalue weighted by molar-refractivity contribution is 9.10. The fraction of sp³-hybridized carbons (Fsp3) is 0.100. The number of rotatable bonds is 4. The van der Waals surface area contributed by atoms with Gasteiger partial charge in [0.15, 0.2) is 5.82 Å². The summed E-state index contributed by atoms with van der Waals surface area (Å²) in [6, 6.07) is 7.44. The standard InChI is InChI=1S/C10H9BrN4O2S/c11-7-3-1-6(2-4-7)9-13-14-10(15(9)12)18-5-8(16)17/h1-4H,5,12H2,(H,16,17). The second kappa shape index (κ2) is 5.40. The zero-order valence-corrected chi connectivity index (χ0v) is 11.5. The molecule has 0 saturated heterocycles. The van der Waals surface area contributed by atoms with E-state index in [-0.39, 0.29) is 5.75 Å². The van der Waals surface area contributed by atoms with E-state index in [1.807, 2.05) is 24.3 Å². The Labute approximate surface area is 115 Å². The van der Waals surface area contributed by atoms with Crippen molar-refractivity contribution in [3.8, 4) is 11.4 Å². The van der Waals surface area contributed by atoms with E-state index in [2.05, 4.69) is 26.1 Å². The van der Waals surface area contributed by atoms with Crippen LogP contribution in [0.25, 0.3) is 11.4 Å². The van der Waals surface area contributed by atoms with E-state index in [0.29, 0.717) is 11.0 Å². The number of aliphatic carboxylic acids is 1. The summed E-state index contributed by atoms with van der Waals surface area (Å²) in [5.74, 6) is 5.30. The summed E-state index contributed by atoms with van der Waals surface area (Å²) in [5, 5.41) is 16.8. The first-order valence-corrected chi connectivity index (χ1v) is 6.67. The van der Waals surface area contributed by atoms with Crippen molar-refractivity contribution < 1.29 is 9.90 Å². The molecule has 1 aromatic heterocycles. The monoisotopic (exact) mass is 328 g/mol. The highest BCUT2D eigenvalue weighted by Gasteiger charge is 2.13. The molecule has 0 aliphatic carbocycles. The van der Waals surface area contributed by atoms with Gasteiger partial charge in [-0.3, -0.25) is 4.79 Å². The van der Waals surface area contributed by atoms with Gasteiger partial charge in [0.1, 0.15) is 0 Å². The number of hydrogen-bond donors (Lipinski definition) is 2. The van der Waals surface area contributed by atoms with Crippen molar-refractivity contribution in [3.05, 3.63) is 28.7 Å². The van der Waals surface area contributed by atoms with Crippen LogP contribution in [0.3, 0.4) is 0 Å². The van der Waals surface area contributed by atoms with Gasteiger partial charge in [-0.05, 0) is 12.1 Å². The Kier molecular flexibility index (Phi) is 3.87. The van der Waals surface area contributed by atoms with Gasteiger partial charge < -0.3 is 10.9 Å². The lowest BCUT2D eigenvalue weighted by atomic mass is 10.2. The smallest absolute Gasteiger partial charge is 0.313 e. The molecule has 18 heavy (non-hydrogen) atoms. The zero-order chi connectivity index (χ0) is 13.1. The van der Waals surface area contributed by atoms with Gasteiger partial charge in [-0.25, -0.2) is 4.68 Å². The van der Waals surface area contributed by atoms with Crippen LogP contribution < -0.4 is 5.84 Å². The normalized spacial score (nSPS) is 10.5. The van der Waals surface area contributed by atoms with Gasteiger partial charge >= 0.3 is 5.97 Å². The molecule has 0 amide bonds. The first-order valence-electron chi connectivity index (χ1n) is 4.89. The lowest BCUT2D eigenvalue weighted by Crippen LogP contribution is -2.12. The van der Waals surface area contributed by atoms with Gasteiger partial charge in [0, 0.05) is 10.0 Å². The van der Waals surface area contributed by atoms with Crippen molar-refractivity contribution in [2.45, 2.75) is 5.16 Å². The minimum atomic E-state index is -0.923. The molecule has 0 radical (unpaired) electrons. The summed E-state index contributed by atoms with van der Waals surface area (Å²) in [4.78, 5) is 10.5. The molecule has 8 heteroatoms. The van der Waals surface area contributed by atoms with Crippen LogP contribution in [-0.2, 0) is 4.79 Å². The number of carbonyl (C=O) groups is 1. The van der Waals surface area contributed by atoms with Gasteiger partial charge in [0.25, 0.3) is 0 Å². The predicted molar refractivity (Wildman–Crippen MR) is 71.7 cm³/mol. The van der Waals surface area contributed by atoms with Crippen molar-refractivity contribution in [2.75, 3.05) is 11.6 Å². The van der Waals surface area contributed by atoms with Gasteiger partial charge in [-0.1, -0.05) is 39.8 Å². The molecule has 3 N–H and O–H groups in total. The minimum absolute atomic E-state index is 0.102. The average molecular weight is 329 g/mol. The fourth-order valence-corrected chi connectivity index (χ4v) is 2.14. The van der Waals surface area contributed by atoms with Gasteiger partial charge in [-0.15, -0.1) is 10.2 Å². The Bertz CT molecular complexity index is 570. The lowest BCUT2D eigenvalue weighted by molar-refractivity contribution is -0.133. The molecule has 94 valence electrons. The van der Waals surface area contributed by atoms with Crippen LogP contribution in [0.2, 0.25) is 0 Å². The number of thioether (sulfide) groups is 1. The zero-order valence-electron chi connectivity index (χ0n) is 9.08. The second-order valence-electron chi connectivity index (χ2n) is 3.37. The largest absolute Gasteiger partial charge is 0.481 e. The molecule has 0 aliphatic heterocycles. The topological polar surface area (TPSA) is 94.0 Å². The van der Waals surface area contributed by atoms with Crippen molar-refractivity contribution in [1.82, 2.24) is 14.9 Å². The molecule has 0 fully saturated rings. The third kappa shape index (κ3) is 2.82. The molecule has 0 aliphatic rings. The SMILES string of the molecule is Nn1c(SCC(=O)O)nnc1-c1ccc(Br)cc1. The Morgan fingerprint density at radius 3 is 2.67 bits per heavy atom. The van der Waals surface area contributed by atoms with E-state index in [4.69, 9.17) is 10.9 Å². The quantitative estimate of drug-likeness (QED) is 0.654. The highest BCUT2D eigenvalue weighted by Crippen LogP contribution is 2.22. The summed E-state index contributed by atoms with van der Waals surface area (Å²) in [6.45, 7) is 0. The molecule has 0 atom stereocenters. The summed E-state index contributed by atoms with van der Waals surface area (Å²) >= 11 is 4.37. The highest BCUT2D eigenvalue weighted by atomic mass is 79.9. The van der Waals surface area contributed by atoms with E-state index in [1.165, 1.54) is 4.68 Å². The summed E-state index contributed by atoms with van der Waals surface area (Å²) in [6.07, 6.45) is 0. The minimum Gasteiger partial charge on any atom is -0.481 e. The fourth-order valence-electron chi connectivity index (χ4n) is 1.30. The van der Waals surface area contributed by atoms with Gasteiger partial charge in [-0.2, -0.15) is 0 Å². The second-order valence-corrected chi connectivity index (χ2v) is 5.22. The van der Waals surface area contributed by atoms with Crippen LogP contribution in [0.15, 0.2) is 33.9 Å². The number of carboxylic acids is 1. The summed E-state index contributed by atoms with van der Waals surface area (Å²) < 4.78 is 2.24. The molecular formula is C10H9BrN4O2S. The van der Waals surface area contributed by atoms with Gasteiger partial charge in [0.05, 0.1) is 5.75 Å². The number of nitrogens with zero attached hydrogens (tertiary/aromatic N) is 3. The maximum Gasteiger partial charge on any atom is 0.313 e. The molecule has 2 rings (SSSR count). The first-order chi connectivity index (χ1) is 8.58. The molecule has 0 spiro atoms. The number of halogens is 1. The van der Waals surface area contributed by atoms with E-state index in [0.717, 1.165) is 21.8 Å². The van der Waals surface area contributed by atoms with Crippen LogP contribution in [0, 0.1) is 0 Å². The third-order valence-electron chi connectivity index (χ3n) is 2.09. The molecule has 0 unspecified atom stereocenters. The maximum absolute atomic E-state index is 10.5. The maximum atomic E-state index is 10.5. The average Bonchev–Trinajstić information content (AvgIpc) is 2.69. The van der Waals surface area contributed by atoms with Crippen molar-refractivity contribution >= 4 is 33.7 Å². The van der Waals surface area contributed by atoms with Crippen molar-refractivity contribution in [1.29, 1.82) is 0 Å². The lowest BCUT2D eigenvalue weighted by Gasteiger charge is -2.02. The number of nitrogen functional groups attached to an aromatic ring is 1. The third-order valence-corrected chi connectivity index (χ3v) is 3.55. The Hall–Kier alpha value is -1.54. The number of hydrogen-bond acceptors (Lipinski definition) is 5. The van der Waals surface area contributed by atoms with Crippen molar-refractivity contribution in [3.63, 3.8) is 0 Å². The first kappa shape index (κ1) is 12.9. The molecule has 0 saturated carbocycles. The van der Waals surface area contributed by atoms with Crippen LogP contribution in [0.5, 0.6) is 0 Å². The van der Waals surface area contributed by atoms with Crippen molar-refractivity contribution in [2.24, 2.45) is 0 Å². The summed E-state index contributed by atoms with van der Waals surface area (Å²) in [7, 11) is 0. The summed E-state index contributed by atoms with van der Waals surface area (Å²) in [5.41, 5.74) is 0.815. The molecular weight excluding hydrogens is 320 g/mol. The number of benzene rings is 1. The van der Waals surface area contributed by atoms with Crippen LogP contribution >= 0.6 is 27.7 Å². The van der Waals surface area contributed by atoms with E-state index < -0.39 is 5.97 Å². The van der Waals surface area contributed by atoms with E-state index in [9.17, 15) is 4.79 Å². The van der Waals surface area contributed by atoms with Crippen LogP contribution in [-0.4, -0.2) is 31.7 Å². The van der Waals surface area contributed by atoms with Crippen LogP contribution in [0.1, 0.15) is 0 Å². The van der Waals surface area contributed by atoms with E-state index >= 15 is 0 Å². The Morgan fingerprint density at radius 2 is 2.06 bits per heavy atom. The number of aromatic nitrogens is 3. The molecule has 2 aromatic rings. The molecule has 1 aromatic carbocycles. The molecule has 6 nitrogen and oxygen atoms in total. The van der Waals surface area contributed by atoms with E-state index in [1.54, 1.807) is 0 Å². The molecule has 1 heterocycles. The van der Waals surface area contributed by atoms with Gasteiger partial charge in [0.2, 0.25) is 5.16 Å². The Morgan fingerprint density at radius 1 is 1.39 bits per heavy atom. The van der Waals surface area contributed by atoms with Crippen LogP contribution in [0.4, 0.5) is 0 Å². The Balaban J connectivity index is 2.25. The molecule has 0 bridgehead atoms. The predicted octanol–water partition coefficient (Wildman–Crippen LogP) is 1.60. The number of nitrogens with two attached hydrogens (primary N) is 1.